The number of carbonyl (C=O) groups excluding carboxylic acids is 1. The zero-order valence-corrected chi connectivity index (χ0v) is 20.4. The molecular weight excluding hydrogens is 484 g/mol. The number of halogens is 1. The highest BCUT2D eigenvalue weighted by Crippen LogP contribution is 2.34. The normalized spacial score (nSPS) is 23.5. The van der Waals surface area contributed by atoms with Gasteiger partial charge in [-0.05, 0) is 68.5 Å². The van der Waals surface area contributed by atoms with Gasteiger partial charge in [-0.15, -0.1) is 0 Å². The Morgan fingerprint density at radius 3 is 2.61 bits per heavy atom. The van der Waals surface area contributed by atoms with Gasteiger partial charge in [0.05, 0.1) is 6.04 Å². The van der Waals surface area contributed by atoms with Crippen LogP contribution in [0, 0.1) is 5.92 Å². The van der Waals surface area contributed by atoms with E-state index in [4.69, 9.17) is 14.2 Å². The number of hydrogen-bond donors (Lipinski definition) is 0. The molecule has 2 atom stereocenters. The number of rotatable bonds is 7. The van der Waals surface area contributed by atoms with Crippen molar-refractivity contribution in [3.05, 3.63) is 58.6 Å². The van der Waals surface area contributed by atoms with Gasteiger partial charge in [0.2, 0.25) is 0 Å². The molecule has 2 saturated heterocycles. The second-order valence-corrected chi connectivity index (χ2v) is 10.2. The predicted octanol–water partition coefficient (Wildman–Crippen LogP) is 4.75. The number of piperidine rings is 1. The zero-order chi connectivity index (χ0) is 22.6. The Bertz CT molecular complexity index is 949. The average molecular weight is 515 g/mol. The van der Waals surface area contributed by atoms with Crippen LogP contribution in [0.2, 0.25) is 0 Å². The number of fused-ring (bicyclic) bond motifs is 1. The predicted molar refractivity (Wildman–Crippen MR) is 130 cm³/mol. The molecule has 2 fully saturated rings. The highest BCUT2D eigenvalue weighted by molar-refractivity contribution is 9.10. The van der Waals surface area contributed by atoms with E-state index in [0.29, 0.717) is 19.1 Å². The summed E-state index contributed by atoms with van der Waals surface area (Å²) >= 11 is 3.50. The van der Waals surface area contributed by atoms with Gasteiger partial charge in [0.15, 0.2) is 11.5 Å². The molecule has 5 rings (SSSR count). The molecule has 3 aliphatic rings. The van der Waals surface area contributed by atoms with Gasteiger partial charge in [0.25, 0.3) is 0 Å². The van der Waals surface area contributed by atoms with Crippen LogP contribution >= 0.6 is 15.9 Å². The maximum absolute atomic E-state index is 12.3. The molecule has 3 aliphatic heterocycles. The number of likely N-dealkylation sites (tertiary alicyclic amines) is 1. The first-order valence-corrected chi connectivity index (χ1v) is 12.7. The lowest BCUT2D eigenvalue weighted by Crippen LogP contribution is -2.44. The summed E-state index contributed by atoms with van der Waals surface area (Å²) in [7, 11) is 0. The van der Waals surface area contributed by atoms with Crippen LogP contribution in [0.4, 0.5) is 4.79 Å². The fourth-order valence-electron chi connectivity index (χ4n) is 5.07. The molecule has 33 heavy (non-hydrogen) atoms. The first-order chi connectivity index (χ1) is 16.1. The molecule has 0 aliphatic carbocycles. The van der Waals surface area contributed by atoms with E-state index in [1.165, 1.54) is 5.56 Å². The van der Waals surface area contributed by atoms with E-state index in [0.717, 1.165) is 67.8 Å². The third-order valence-corrected chi connectivity index (χ3v) is 7.45. The van der Waals surface area contributed by atoms with Crippen LogP contribution < -0.4 is 9.47 Å². The highest BCUT2D eigenvalue weighted by Gasteiger charge is 2.33. The van der Waals surface area contributed by atoms with E-state index in [9.17, 15) is 4.79 Å². The fraction of sp³-hybridized carbons (Fsp3) is 0.500. The van der Waals surface area contributed by atoms with Crippen LogP contribution in [0.15, 0.2) is 53.0 Å². The van der Waals surface area contributed by atoms with E-state index in [2.05, 4.69) is 33.0 Å². The zero-order valence-electron chi connectivity index (χ0n) is 18.8. The second kappa shape index (κ2) is 10.3. The van der Waals surface area contributed by atoms with Crippen molar-refractivity contribution in [2.45, 2.75) is 37.8 Å². The number of hydrogen-bond acceptors (Lipinski definition) is 5. The molecule has 0 bridgehead atoms. The van der Waals surface area contributed by atoms with Gasteiger partial charge in [-0.2, -0.15) is 0 Å². The van der Waals surface area contributed by atoms with Crippen molar-refractivity contribution in [2.75, 3.05) is 39.4 Å². The minimum absolute atomic E-state index is 0.0569. The van der Waals surface area contributed by atoms with Gasteiger partial charge in [-0.3, -0.25) is 4.90 Å². The molecule has 7 heteroatoms. The average Bonchev–Trinajstić information content (AvgIpc) is 3.18. The molecule has 2 aromatic carbocycles. The largest absolute Gasteiger partial charge is 0.486 e. The van der Waals surface area contributed by atoms with E-state index in [-0.39, 0.29) is 18.2 Å². The maximum atomic E-state index is 12.3. The van der Waals surface area contributed by atoms with Gasteiger partial charge in [-0.25, -0.2) is 4.79 Å². The molecule has 1 amide bonds. The summed E-state index contributed by atoms with van der Waals surface area (Å²) in [6.45, 7) is 4.88. The minimum Gasteiger partial charge on any atom is -0.486 e. The lowest BCUT2D eigenvalue weighted by atomic mass is 9.93. The molecule has 2 unspecified atom stereocenters. The van der Waals surface area contributed by atoms with Crippen LogP contribution in [0.1, 0.15) is 24.8 Å². The lowest BCUT2D eigenvalue weighted by molar-refractivity contribution is 0.0465. The van der Waals surface area contributed by atoms with E-state index in [1.807, 2.05) is 41.3 Å². The van der Waals surface area contributed by atoms with E-state index in [1.54, 1.807) is 0 Å². The van der Waals surface area contributed by atoms with Crippen molar-refractivity contribution in [2.24, 2.45) is 5.92 Å². The van der Waals surface area contributed by atoms with Crippen molar-refractivity contribution < 1.29 is 19.0 Å². The molecule has 0 saturated carbocycles. The third-order valence-electron chi connectivity index (χ3n) is 6.96. The van der Waals surface area contributed by atoms with Crippen LogP contribution in [0.3, 0.4) is 0 Å². The number of ether oxygens (including phenoxy) is 3. The van der Waals surface area contributed by atoms with Crippen LogP contribution in [0.5, 0.6) is 11.5 Å². The van der Waals surface area contributed by atoms with Crippen molar-refractivity contribution in [1.29, 1.82) is 0 Å². The number of carbonyl (C=O) groups is 1. The Morgan fingerprint density at radius 1 is 0.970 bits per heavy atom. The van der Waals surface area contributed by atoms with Crippen molar-refractivity contribution >= 4 is 22.0 Å². The molecule has 0 spiro atoms. The standard InChI is InChI=1S/C26H31BrN2O4/c27-21-6-7-24-25(15-21)33-23(18-31-24)16-28-11-8-19(9-12-28)10-13-29-22(17-32-26(29)30)14-20-4-2-1-3-5-20/h1-7,15,19,22-23H,8-14,16-18H2. The SMILES string of the molecule is O=C1OCC(Cc2ccccc2)N1CCC1CCN(CC2COc3ccc(Br)cc3O2)CC1. The summed E-state index contributed by atoms with van der Waals surface area (Å²) in [6, 6.07) is 16.4. The molecule has 6 nitrogen and oxygen atoms in total. The van der Waals surface area contributed by atoms with Crippen LogP contribution in [0.25, 0.3) is 0 Å². The smallest absolute Gasteiger partial charge is 0.410 e. The lowest BCUT2D eigenvalue weighted by Gasteiger charge is -2.36. The van der Waals surface area contributed by atoms with Crippen LogP contribution in [-0.2, 0) is 11.2 Å². The summed E-state index contributed by atoms with van der Waals surface area (Å²) in [6.07, 6.45) is 4.10. The highest BCUT2D eigenvalue weighted by atomic mass is 79.9. The molecule has 0 N–H and O–H groups in total. The molecular formula is C26H31BrN2O4. The van der Waals surface area contributed by atoms with Gasteiger partial charge in [-0.1, -0.05) is 46.3 Å². The Hall–Kier alpha value is -2.25. The molecule has 2 aromatic rings. The third kappa shape index (κ3) is 5.64. The number of amides is 1. The summed E-state index contributed by atoms with van der Waals surface area (Å²) in [5.74, 6) is 2.28. The maximum Gasteiger partial charge on any atom is 0.410 e. The summed E-state index contributed by atoms with van der Waals surface area (Å²) in [5, 5.41) is 0. The quantitative estimate of drug-likeness (QED) is 0.533. The van der Waals surface area contributed by atoms with Crippen molar-refractivity contribution in [3.8, 4) is 11.5 Å². The Kier molecular flexibility index (Phi) is 7.07. The topological polar surface area (TPSA) is 51.2 Å². The molecule has 0 radical (unpaired) electrons. The first-order valence-electron chi connectivity index (χ1n) is 11.9. The first kappa shape index (κ1) is 22.5. The molecule has 3 heterocycles. The van der Waals surface area contributed by atoms with Gasteiger partial charge in [0, 0.05) is 17.6 Å². The number of cyclic esters (lactones) is 1. The fourth-order valence-corrected chi connectivity index (χ4v) is 5.41. The van der Waals surface area contributed by atoms with Crippen molar-refractivity contribution in [3.63, 3.8) is 0 Å². The van der Waals surface area contributed by atoms with Crippen molar-refractivity contribution in [1.82, 2.24) is 9.80 Å². The van der Waals surface area contributed by atoms with Gasteiger partial charge < -0.3 is 19.1 Å². The Labute approximate surface area is 203 Å². The van der Waals surface area contributed by atoms with E-state index < -0.39 is 0 Å². The Balaban J connectivity index is 1.06. The van der Waals surface area contributed by atoms with Gasteiger partial charge >= 0.3 is 6.09 Å². The van der Waals surface area contributed by atoms with E-state index >= 15 is 0 Å². The summed E-state index contributed by atoms with van der Waals surface area (Å²) in [5.41, 5.74) is 1.25. The number of nitrogens with zero attached hydrogens (tertiary/aromatic N) is 2. The summed E-state index contributed by atoms with van der Waals surface area (Å²) < 4.78 is 18.4. The second-order valence-electron chi connectivity index (χ2n) is 9.29. The van der Waals surface area contributed by atoms with Gasteiger partial charge in [0.1, 0.15) is 19.3 Å². The van der Waals surface area contributed by atoms with Crippen LogP contribution in [-0.4, -0.2) is 67.4 Å². The monoisotopic (exact) mass is 514 g/mol. The molecule has 0 aromatic heterocycles. The number of benzene rings is 2. The summed E-state index contributed by atoms with van der Waals surface area (Å²) in [4.78, 5) is 16.7. The Morgan fingerprint density at radius 2 is 1.79 bits per heavy atom. The molecule has 176 valence electrons. The minimum atomic E-state index is -0.158.